The summed E-state index contributed by atoms with van der Waals surface area (Å²) in [6, 6.07) is 10.1. The number of nitro groups is 1. The molecule has 30 heavy (non-hydrogen) atoms. The van der Waals surface area contributed by atoms with E-state index in [1.54, 1.807) is 12.1 Å². The Morgan fingerprint density at radius 1 is 1.13 bits per heavy atom. The van der Waals surface area contributed by atoms with Gasteiger partial charge in [0.05, 0.1) is 21.3 Å². The molecule has 1 heterocycles. The van der Waals surface area contributed by atoms with E-state index in [9.17, 15) is 19.7 Å². The molecule has 13 heteroatoms. The number of amides is 2. The van der Waals surface area contributed by atoms with Crippen molar-refractivity contribution in [1.82, 2.24) is 10.2 Å². The number of nitro benzene ring substituents is 1. The lowest BCUT2D eigenvalue weighted by atomic mass is 10.2. The molecule has 3 aromatic rings. The van der Waals surface area contributed by atoms with Crippen molar-refractivity contribution >= 4 is 74.6 Å². The minimum atomic E-state index is -0.544. The molecule has 0 saturated carbocycles. The van der Waals surface area contributed by atoms with Crippen LogP contribution in [0.25, 0.3) is 0 Å². The molecule has 0 atom stereocenters. The molecule has 0 saturated heterocycles. The van der Waals surface area contributed by atoms with Gasteiger partial charge >= 0.3 is 0 Å². The van der Waals surface area contributed by atoms with Crippen LogP contribution in [0.3, 0.4) is 0 Å². The molecule has 2 amide bonds. The fourth-order valence-electron chi connectivity index (χ4n) is 2.18. The van der Waals surface area contributed by atoms with Gasteiger partial charge in [-0.3, -0.25) is 25.0 Å². The highest BCUT2D eigenvalue weighted by Crippen LogP contribution is 2.27. The molecule has 2 aromatic carbocycles. The van der Waals surface area contributed by atoms with E-state index < -0.39 is 10.8 Å². The summed E-state index contributed by atoms with van der Waals surface area (Å²) in [5.41, 5.74) is 0.396. The maximum absolute atomic E-state index is 12.3. The number of rotatable bonds is 7. The Morgan fingerprint density at radius 3 is 2.70 bits per heavy atom. The van der Waals surface area contributed by atoms with Crippen LogP contribution >= 0.6 is 46.3 Å². The van der Waals surface area contributed by atoms with E-state index in [0.29, 0.717) is 15.0 Å². The molecule has 3 rings (SSSR count). The molecule has 0 fully saturated rings. The van der Waals surface area contributed by atoms with Crippen molar-refractivity contribution in [3.8, 4) is 0 Å². The Hall–Kier alpha value is -2.73. The van der Waals surface area contributed by atoms with Gasteiger partial charge in [0.1, 0.15) is 0 Å². The van der Waals surface area contributed by atoms with Gasteiger partial charge in [0.25, 0.3) is 11.6 Å². The fourth-order valence-corrected chi connectivity index (χ4v) is 4.10. The molecule has 0 aliphatic carbocycles. The number of carbonyl (C=O) groups excluding carboxylic acids is 2. The van der Waals surface area contributed by atoms with Gasteiger partial charge in [-0.25, -0.2) is 0 Å². The summed E-state index contributed by atoms with van der Waals surface area (Å²) in [6.45, 7) is 0. The number of anilines is 2. The van der Waals surface area contributed by atoms with E-state index in [1.807, 2.05) is 0 Å². The molecule has 1 aromatic heterocycles. The zero-order valence-electron chi connectivity index (χ0n) is 14.8. The second-order valence-corrected chi connectivity index (χ2v) is 8.64. The van der Waals surface area contributed by atoms with Crippen LogP contribution in [0, 0.1) is 10.1 Å². The van der Waals surface area contributed by atoms with Crippen molar-refractivity contribution in [2.24, 2.45) is 0 Å². The normalized spacial score (nSPS) is 10.5. The van der Waals surface area contributed by atoms with Crippen LogP contribution in [0.1, 0.15) is 10.4 Å². The minimum absolute atomic E-state index is 0.00535. The number of thioether (sulfide) groups is 1. The predicted octanol–water partition coefficient (Wildman–Crippen LogP) is 4.74. The van der Waals surface area contributed by atoms with E-state index >= 15 is 0 Å². The van der Waals surface area contributed by atoms with Gasteiger partial charge in [0, 0.05) is 22.8 Å². The first-order valence-corrected chi connectivity index (χ1v) is 10.6. The topological polar surface area (TPSA) is 127 Å². The van der Waals surface area contributed by atoms with Crippen LogP contribution in [0.15, 0.2) is 46.8 Å². The summed E-state index contributed by atoms with van der Waals surface area (Å²) in [6.07, 6.45) is 0. The zero-order chi connectivity index (χ0) is 21.7. The minimum Gasteiger partial charge on any atom is -0.325 e. The Kier molecular flexibility index (Phi) is 7.21. The van der Waals surface area contributed by atoms with Gasteiger partial charge in [0.15, 0.2) is 4.34 Å². The van der Waals surface area contributed by atoms with E-state index in [1.165, 1.54) is 30.3 Å². The third-order valence-electron chi connectivity index (χ3n) is 3.47. The van der Waals surface area contributed by atoms with Gasteiger partial charge in [-0.2, -0.15) is 0 Å². The third kappa shape index (κ3) is 5.89. The number of halogens is 2. The number of nitrogens with zero attached hydrogens (tertiary/aromatic N) is 3. The molecule has 0 spiro atoms. The van der Waals surface area contributed by atoms with E-state index in [2.05, 4.69) is 20.8 Å². The number of hydrogen-bond donors (Lipinski definition) is 2. The van der Waals surface area contributed by atoms with E-state index in [-0.39, 0.29) is 33.1 Å². The Balaban J connectivity index is 1.55. The average Bonchev–Trinajstić information content (AvgIpc) is 3.15. The quantitative estimate of drug-likeness (QED) is 0.215. The number of nitrogens with one attached hydrogen (secondary N) is 2. The van der Waals surface area contributed by atoms with Crippen molar-refractivity contribution in [2.75, 3.05) is 16.4 Å². The number of benzene rings is 2. The SMILES string of the molecule is O=C(CSc1nnc(NC(=O)c2cc(Cl)ccc2Cl)s1)Nc1cccc([N+](=O)[O-])c1. The number of hydrogen-bond acceptors (Lipinski definition) is 8. The first kappa shape index (κ1) is 22.0. The maximum Gasteiger partial charge on any atom is 0.271 e. The molecule has 0 radical (unpaired) electrons. The van der Waals surface area contributed by atoms with E-state index in [4.69, 9.17) is 23.2 Å². The highest BCUT2D eigenvalue weighted by molar-refractivity contribution is 8.01. The third-order valence-corrected chi connectivity index (χ3v) is 6.00. The lowest BCUT2D eigenvalue weighted by Gasteiger charge is -2.04. The molecule has 0 aliphatic heterocycles. The van der Waals surface area contributed by atoms with E-state index in [0.717, 1.165) is 23.1 Å². The second kappa shape index (κ2) is 9.85. The van der Waals surface area contributed by atoms with Crippen molar-refractivity contribution in [2.45, 2.75) is 4.34 Å². The first-order chi connectivity index (χ1) is 14.3. The smallest absolute Gasteiger partial charge is 0.271 e. The standard InChI is InChI=1S/C17H11Cl2N5O4S2/c18-9-4-5-13(19)12(6-9)15(26)21-16-22-23-17(30-16)29-8-14(25)20-10-2-1-3-11(7-10)24(27)28/h1-7H,8H2,(H,20,25)(H,21,22,26). The Bertz CT molecular complexity index is 1130. The largest absolute Gasteiger partial charge is 0.325 e. The summed E-state index contributed by atoms with van der Waals surface area (Å²) < 4.78 is 0.455. The van der Waals surface area contributed by atoms with Crippen molar-refractivity contribution in [3.05, 3.63) is 68.2 Å². The predicted molar refractivity (Wildman–Crippen MR) is 117 cm³/mol. The van der Waals surface area contributed by atoms with Crippen LogP contribution in [0.4, 0.5) is 16.5 Å². The molecule has 2 N–H and O–H groups in total. The van der Waals surface area contributed by atoms with Crippen molar-refractivity contribution < 1.29 is 14.5 Å². The molecular formula is C17H11Cl2N5O4S2. The van der Waals surface area contributed by atoms with Crippen LogP contribution in [-0.2, 0) is 4.79 Å². The fraction of sp³-hybridized carbons (Fsp3) is 0.0588. The number of non-ortho nitro benzene ring substituents is 1. The average molecular weight is 484 g/mol. The molecular weight excluding hydrogens is 473 g/mol. The first-order valence-electron chi connectivity index (χ1n) is 8.09. The van der Waals surface area contributed by atoms with Crippen molar-refractivity contribution in [3.63, 3.8) is 0 Å². The van der Waals surface area contributed by atoms with Crippen LogP contribution in [0.5, 0.6) is 0 Å². The Morgan fingerprint density at radius 2 is 1.93 bits per heavy atom. The zero-order valence-corrected chi connectivity index (χ0v) is 17.9. The van der Waals surface area contributed by atoms with Crippen LogP contribution in [0.2, 0.25) is 10.0 Å². The summed E-state index contributed by atoms with van der Waals surface area (Å²) in [7, 11) is 0. The van der Waals surface area contributed by atoms with Crippen LogP contribution in [-0.4, -0.2) is 32.7 Å². The maximum atomic E-state index is 12.3. The number of carbonyl (C=O) groups is 2. The second-order valence-electron chi connectivity index (χ2n) is 5.60. The van der Waals surface area contributed by atoms with Gasteiger partial charge < -0.3 is 5.32 Å². The summed E-state index contributed by atoms with van der Waals surface area (Å²) in [4.78, 5) is 34.6. The van der Waals surface area contributed by atoms with Gasteiger partial charge in [-0.15, -0.1) is 10.2 Å². The lowest BCUT2D eigenvalue weighted by molar-refractivity contribution is -0.384. The molecule has 0 aliphatic rings. The molecule has 9 nitrogen and oxygen atoms in total. The molecule has 154 valence electrons. The summed E-state index contributed by atoms with van der Waals surface area (Å²) in [5, 5.41) is 24.6. The van der Waals surface area contributed by atoms with Gasteiger partial charge in [0.2, 0.25) is 11.0 Å². The van der Waals surface area contributed by atoms with Gasteiger partial charge in [-0.05, 0) is 24.3 Å². The molecule has 0 bridgehead atoms. The number of aromatic nitrogens is 2. The summed E-state index contributed by atoms with van der Waals surface area (Å²) >= 11 is 14.1. The Labute approximate surface area is 187 Å². The highest BCUT2D eigenvalue weighted by atomic mass is 35.5. The lowest BCUT2D eigenvalue weighted by Crippen LogP contribution is -2.14. The molecule has 0 unspecified atom stereocenters. The highest BCUT2D eigenvalue weighted by Gasteiger charge is 2.15. The van der Waals surface area contributed by atoms with Crippen LogP contribution < -0.4 is 10.6 Å². The summed E-state index contributed by atoms with van der Waals surface area (Å²) in [5.74, 6) is -0.851. The van der Waals surface area contributed by atoms with Gasteiger partial charge in [-0.1, -0.05) is 52.4 Å². The van der Waals surface area contributed by atoms with Crippen molar-refractivity contribution in [1.29, 1.82) is 0 Å². The monoisotopic (exact) mass is 483 g/mol.